The first-order valence-electron chi connectivity index (χ1n) is 10.2. The molecule has 0 radical (unpaired) electrons. The SMILES string of the molecule is CC(C)NCCC(=O)Nc1sc2c(c1-c1nc(-c3ccccn3)cs1)CCCC2. The molecule has 0 aromatic carbocycles. The predicted molar refractivity (Wildman–Crippen MR) is 122 cm³/mol. The lowest BCUT2D eigenvalue weighted by Crippen LogP contribution is -2.27. The topological polar surface area (TPSA) is 66.9 Å². The first kappa shape index (κ1) is 20.2. The van der Waals surface area contributed by atoms with E-state index in [-0.39, 0.29) is 5.91 Å². The predicted octanol–water partition coefficient (Wildman–Crippen LogP) is 5.14. The molecule has 5 nitrogen and oxygen atoms in total. The minimum absolute atomic E-state index is 0.0551. The average molecular weight is 427 g/mol. The molecule has 1 aliphatic carbocycles. The lowest BCUT2D eigenvalue weighted by molar-refractivity contribution is -0.116. The number of pyridine rings is 1. The van der Waals surface area contributed by atoms with Crippen molar-refractivity contribution in [1.29, 1.82) is 0 Å². The molecule has 0 atom stereocenters. The highest BCUT2D eigenvalue weighted by Crippen LogP contribution is 2.45. The average Bonchev–Trinajstić information content (AvgIpc) is 3.32. The van der Waals surface area contributed by atoms with Gasteiger partial charge in [0.25, 0.3) is 0 Å². The Labute approximate surface area is 179 Å². The Morgan fingerprint density at radius 2 is 2.07 bits per heavy atom. The smallest absolute Gasteiger partial charge is 0.226 e. The van der Waals surface area contributed by atoms with E-state index >= 15 is 0 Å². The van der Waals surface area contributed by atoms with Gasteiger partial charge >= 0.3 is 0 Å². The van der Waals surface area contributed by atoms with Crippen LogP contribution in [0.25, 0.3) is 22.0 Å². The van der Waals surface area contributed by atoms with Crippen LogP contribution < -0.4 is 10.6 Å². The standard InChI is InChI=1S/C22H26N4OS2/c1-14(2)23-12-10-19(27)26-22-20(15-7-3-4-9-18(15)29-22)21-25-17(13-28-21)16-8-5-6-11-24-16/h5-6,8,11,13-14,23H,3-4,7,9-10,12H2,1-2H3,(H,26,27). The van der Waals surface area contributed by atoms with Crippen molar-refractivity contribution in [3.05, 3.63) is 40.2 Å². The van der Waals surface area contributed by atoms with Gasteiger partial charge in [-0.15, -0.1) is 22.7 Å². The summed E-state index contributed by atoms with van der Waals surface area (Å²) in [4.78, 5) is 23.2. The van der Waals surface area contributed by atoms with Gasteiger partial charge in [-0.2, -0.15) is 0 Å². The lowest BCUT2D eigenvalue weighted by Gasteiger charge is -2.12. The summed E-state index contributed by atoms with van der Waals surface area (Å²) in [5.41, 5.74) is 4.27. The van der Waals surface area contributed by atoms with E-state index in [1.807, 2.05) is 18.2 Å². The Hall–Kier alpha value is -2.09. The number of hydrogen-bond acceptors (Lipinski definition) is 6. The van der Waals surface area contributed by atoms with Gasteiger partial charge in [0.05, 0.1) is 5.69 Å². The number of anilines is 1. The molecule has 4 rings (SSSR count). The number of amides is 1. The van der Waals surface area contributed by atoms with Crippen molar-refractivity contribution >= 4 is 33.6 Å². The van der Waals surface area contributed by atoms with Gasteiger partial charge in [-0.05, 0) is 43.4 Å². The van der Waals surface area contributed by atoms with Crippen LogP contribution in [-0.4, -0.2) is 28.5 Å². The molecule has 0 bridgehead atoms. The Balaban J connectivity index is 1.61. The van der Waals surface area contributed by atoms with Crippen LogP contribution in [-0.2, 0) is 17.6 Å². The van der Waals surface area contributed by atoms with Gasteiger partial charge in [-0.3, -0.25) is 9.78 Å². The van der Waals surface area contributed by atoms with Gasteiger partial charge in [0.15, 0.2) is 0 Å². The second kappa shape index (κ2) is 9.15. The normalized spacial score (nSPS) is 13.5. The second-order valence-electron chi connectivity index (χ2n) is 7.57. The summed E-state index contributed by atoms with van der Waals surface area (Å²) in [6.45, 7) is 4.86. The van der Waals surface area contributed by atoms with E-state index in [1.54, 1.807) is 28.9 Å². The van der Waals surface area contributed by atoms with E-state index in [9.17, 15) is 4.79 Å². The van der Waals surface area contributed by atoms with E-state index in [0.29, 0.717) is 19.0 Å². The Morgan fingerprint density at radius 1 is 1.21 bits per heavy atom. The number of hydrogen-bond donors (Lipinski definition) is 2. The molecule has 0 unspecified atom stereocenters. The molecule has 3 heterocycles. The highest BCUT2D eigenvalue weighted by atomic mass is 32.1. The fourth-order valence-corrected chi connectivity index (χ4v) is 5.83. The fourth-order valence-electron chi connectivity index (χ4n) is 3.56. The summed E-state index contributed by atoms with van der Waals surface area (Å²) in [5.74, 6) is 0.0551. The molecule has 0 aliphatic heterocycles. The fraction of sp³-hybridized carbons (Fsp3) is 0.409. The van der Waals surface area contributed by atoms with Crippen LogP contribution in [0, 0.1) is 0 Å². The van der Waals surface area contributed by atoms with E-state index in [0.717, 1.165) is 39.8 Å². The molecule has 3 aromatic rings. The van der Waals surface area contributed by atoms with Gasteiger partial charge in [-0.1, -0.05) is 19.9 Å². The number of fused-ring (bicyclic) bond motifs is 1. The molecule has 0 fully saturated rings. The number of carbonyl (C=O) groups excluding carboxylic acids is 1. The van der Waals surface area contributed by atoms with E-state index < -0.39 is 0 Å². The molecule has 0 saturated heterocycles. The number of aromatic nitrogens is 2. The molecule has 152 valence electrons. The number of aryl methyl sites for hydroxylation is 1. The van der Waals surface area contributed by atoms with E-state index in [2.05, 4.69) is 34.8 Å². The number of carbonyl (C=O) groups is 1. The molecule has 0 saturated carbocycles. The minimum Gasteiger partial charge on any atom is -0.317 e. The van der Waals surface area contributed by atoms with Crippen molar-refractivity contribution in [2.24, 2.45) is 0 Å². The second-order valence-corrected chi connectivity index (χ2v) is 9.54. The van der Waals surface area contributed by atoms with Crippen molar-refractivity contribution in [3.8, 4) is 22.0 Å². The number of thiophene rings is 1. The maximum Gasteiger partial charge on any atom is 0.226 e. The largest absolute Gasteiger partial charge is 0.317 e. The van der Waals surface area contributed by atoms with Crippen molar-refractivity contribution in [3.63, 3.8) is 0 Å². The molecule has 1 amide bonds. The third-order valence-corrected chi connectivity index (χ3v) is 7.04. The first-order chi connectivity index (χ1) is 14.1. The maximum absolute atomic E-state index is 12.5. The van der Waals surface area contributed by atoms with Gasteiger partial charge in [0, 0.05) is 41.0 Å². The van der Waals surface area contributed by atoms with Gasteiger partial charge in [0.1, 0.15) is 15.7 Å². The third kappa shape index (κ3) is 4.74. The lowest BCUT2D eigenvalue weighted by atomic mass is 9.95. The van der Waals surface area contributed by atoms with Crippen molar-refractivity contribution < 1.29 is 4.79 Å². The first-order valence-corrected chi connectivity index (χ1v) is 11.9. The maximum atomic E-state index is 12.5. The molecule has 7 heteroatoms. The van der Waals surface area contributed by atoms with Crippen molar-refractivity contribution in [2.75, 3.05) is 11.9 Å². The van der Waals surface area contributed by atoms with Crippen molar-refractivity contribution in [2.45, 2.75) is 52.0 Å². The van der Waals surface area contributed by atoms with E-state index in [1.165, 1.54) is 23.3 Å². The quantitative estimate of drug-likeness (QED) is 0.549. The summed E-state index contributed by atoms with van der Waals surface area (Å²) in [6, 6.07) is 6.25. The summed E-state index contributed by atoms with van der Waals surface area (Å²) >= 11 is 3.36. The van der Waals surface area contributed by atoms with E-state index in [4.69, 9.17) is 4.98 Å². The highest BCUT2D eigenvalue weighted by Gasteiger charge is 2.25. The molecular weight excluding hydrogens is 400 g/mol. The third-order valence-electron chi connectivity index (χ3n) is 4.97. The van der Waals surface area contributed by atoms with Crippen LogP contribution in [0.4, 0.5) is 5.00 Å². The summed E-state index contributed by atoms with van der Waals surface area (Å²) < 4.78 is 0. The van der Waals surface area contributed by atoms with Crippen LogP contribution >= 0.6 is 22.7 Å². The molecule has 3 aromatic heterocycles. The van der Waals surface area contributed by atoms with Gasteiger partial charge in [0.2, 0.25) is 5.91 Å². The number of thiazole rings is 1. The van der Waals surface area contributed by atoms with Crippen LogP contribution in [0.1, 0.15) is 43.6 Å². The molecule has 29 heavy (non-hydrogen) atoms. The molecule has 1 aliphatic rings. The molecular formula is C22H26N4OS2. The highest BCUT2D eigenvalue weighted by molar-refractivity contribution is 7.18. The van der Waals surface area contributed by atoms with Crippen LogP contribution in [0.3, 0.4) is 0 Å². The zero-order valence-electron chi connectivity index (χ0n) is 16.8. The minimum atomic E-state index is 0.0551. The zero-order valence-corrected chi connectivity index (χ0v) is 18.5. The molecule has 0 spiro atoms. The van der Waals surface area contributed by atoms with Crippen molar-refractivity contribution in [1.82, 2.24) is 15.3 Å². The Morgan fingerprint density at radius 3 is 2.86 bits per heavy atom. The zero-order chi connectivity index (χ0) is 20.2. The van der Waals surface area contributed by atoms with Crippen LogP contribution in [0.2, 0.25) is 0 Å². The van der Waals surface area contributed by atoms with Crippen LogP contribution in [0.15, 0.2) is 29.8 Å². The number of nitrogens with zero attached hydrogens (tertiary/aromatic N) is 2. The van der Waals surface area contributed by atoms with Gasteiger partial charge < -0.3 is 10.6 Å². The van der Waals surface area contributed by atoms with Gasteiger partial charge in [-0.25, -0.2) is 4.98 Å². The Kier molecular flexibility index (Phi) is 6.37. The number of nitrogens with one attached hydrogen (secondary N) is 2. The summed E-state index contributed by atoms with van der Waals surface area (Å²) in [7, 11) is 0. The van der Waals surface area contributed by atoms with Crippen LogP contribution in [0.5, 0.6) is 0 Å². The Bertz CT molecular complexity index is 978. The molecule has 2 N–H and O–H groups in total. The number of rotatable bonds is 7. The summed E-state index contributed by atoms with van der Waals surface area (Å²) in [6.07, 6.45) is 6.83. The summed E-state index contributed by atoms with van der Waals surface area (Å²) in [5, 5.41) is 10.5. The monoisotopic (exact) mass is 426 g/mol.